The fraction of sp³-hybridized carbons (Fsp3) is 0.111. The number of nitrogens with zero attached hydrogens (tertiary/aromatic N) is 1. The maximum atomic E-state index is 12.2. The molecule has 3 rings (SSSR count). The Labute approximate surface area is 144 Å². The molecule has 0 aliphatic heterocycles. The van der Waals surface area contributed by atoms with Crippen molar-refractivity contribution in [3.63, 3.8) is 0 Å². The van der Waals surface area contributed by atoms with Crippen LogP contribution in [0, 0.1) is 0 Å². The van der Waals surface area contributed by atoms with E-state index < -0.39 is 6.10 Å². The lowest BCUT2D eigenvalue weighted by molar-refractivity contribution is 0.103. The quantitative estimate of drug-likeness (QED) is 0.651. The van der Waals surface area contributed by atoms with E-state index in [9.17, 15) is 9.90 Å². The van der Waals surface area contributed by atoms with Crippen LogP contribution in [0.1, 0.15) is 27.7 Å². The van der Waals surface area contributed by atoms with Crippen molar-refractivity contribution in [3.8, 4) is 0 Å². The molecule has 0 aliphatic carbocycles. The summed E-state index contributed by atoms with van der Waals surface area (Å²) in [5, 5.41) is 16.1. The number of hydrogen-bond acceptors (Lipinski definition) is 5. The van der Waals surface area contributed by atoms with Gasteiger partial charge in [0, 0.05) is 17.1 Å². The van der Waals surface area contributed by atoms with Gasteiger partial charge in [-0.25, -0.2) is 4.98 Å². The molecule has 5 nitrogen and oxygen atoms in total. The third-order valence-corrected chi connectivity index (χ3v) is 4.48. The lowest BCUT2D eigenvalue weighted by atomic mass is 10.2. The maximum Gasteiger partial charge on any atom is 0.267 e. The molecule has 122 valence electrons. The van der Waals surface area contributed by atoms with Gasteiger partial charge in [-0.05, 0) is 43.3 Å². The molecule has 0 saturated heterocycles. The summed E-state index contributed by atoms with van der Waals surface area (Å²) in [6, 6.07) is 17.3. The molecule has 0 spiro atoms. The molecular weight excluding hydrogens is 322 g/mol. The Hall–Kier alpha value is -2.70. The van der Waals surface area contributed by atoms with Crippen LogP contribution in [0.3, 0.4) is 0 Å². The first-order valence-electron chi connectivity index (χ1n) is 7.49. The van der Waals surface area contributed by atoms with E-state index in [2.05, 4.69) is 15.6 Å². The highest BCUT2D eigenvalue weighted by Gasteiger charge is 2.13. The van der Waals surface area contributed by atoms with Gasteiger partial charge in [-0.3, -0.25) is 4.79 Å². The van der Waals surface area contributed by atoms with E-state index >= 15 is 0 Å². The van der Waals surface area contributed by atoms with Crippen molar-refractivity contribution in [1.82, 2.24) is 4.98 Å². The van der Waals surface area contributed by atoms with Crippen LogP contribution in [-0.4, -0.2) is 16.0 Å². The van der Waals surface area contributed by atoms with Gasteiger partial charge in [0.05, 0.1) is 6.20 Å². The van der Waals surface area contributed by atoms with Crippen molar-refractivity contribution >= 4 is 34.3 Å². The second-order valence-electron chi connectivity index (χ2n) is 5.26. The van der Waals surface area contributed by atoms with E-state index in [1.807, 2.05) is 54.6 Å². The zero-order chi connectivity index (χ0) is 16.9. The van der Waals surface area contributed by atoms with Crippen LogP contribution in [0.15, 0.2) is 60.8 Å². The van der Waals surface area contributed by atoms with Crippen LogP contribution >= 0.6 is 11.3 Å². The minimum atomic E-state index is -0.667. The van der Waals surface area contributed by atoms with Gasteiger partial charge in [-0.15, -0.1) is 11.3 Å². The number of hydrogen-bond donors (Lipinski definition) is 3. The number of amides is 1. The highest BCUT2D eigenvalue weighted by atomic mass is 32.1. The van der Waals surface area contributed by atoms with Crippen molar-refractivity contribution in [2.24, 2.45) is 0 Å². The maximum absolute atomic E-state index is 12.2. The molecule has 0 fully saturated rings. The SMILES string of the molecule is C[C@H](O)c1ncc(C(=O)Nc2ccc(Nc3ccccc3)cc2)s1. The van der Waals surface area contributed by atoms with Crippen molar-refractivity contribution in [2.45, 2.75) is 13.0 Å². The molecule has 0 radical (unpaired) electrons. The minimum absolute atomic E-state index is 0.233. The average Bonchev–Trinajstić information content (AvgIpc) is 3.08. The zero-order valence-corrected chi connectivity index (χ0v) is 13.9. The number of thiazole rings is 1. The van der Waals surface area contributed by atoms with Crippen LogP contribution in [-0.2, 0) is 0 Å². The summed E-state index contributed by atoms with van der Waals surface area (Å²) in [7, 11) is 0. The monoisotopic (exact) mass is 339 g/mol. The fourth-order valence-electron chi connectivity index (χ4n) is 2.10. The summed E-state index contributed by atoms with van der Waals surface area (Å²) in [5.41, 5.74) is 2.64. The Morgan fingerprint density at radius 3 is 2.29 bits per heavy atom. The molecule has 0 aliphatic rings. The molecule has 3 aromatic rings. The third-order valence-electron chi connectivity index (χ3n) is 3.31. The molecule has 1 amide bonds. The highest BCUT2D eigenvalue weighted by molar-refractivity contribution is 7.13. The molecule has 0 saturated carbocycles. The van der Waals surface area contributed by atoms with E-state index in [1.165, 1.54) is 17.5 Å². The molecule has 24 heavy (non-hydrogen) atoms. The van der Waals surface area contributed by atoms with Gasteiger partial charge in [0.15, 0.2) is 0 Å². The molecule has 1 aromatic heterocycles. The van der Waals surface area contributed by atoms with Gasteiger partial charge in [-0.2, -0.15) is 0 Å². The predicted octanol–water partition coefficient (Wildman–Crippen LogP) is 4.19. The lowest BCUT2D eigenvalue weighted by Gasteiger charge is -2.08. The van der Waals surface area contributed by atoms with Crippen molar-refractivity contribution in [1.29, 1.82) is 0 Å². The Bertz CT molecular complexity index is 814. The number of para-hydroxylation sites is 1. The summed E-state index contributed by atoms with van der Waals surface area (Å²) in [6.45, 7) is 1.62. The lowest BCUT2D eigenvalue weighted by Crippen LogP contribution is -2.10. The predicted molar refractivity (Wildman–Crippen MR) is 96.9 cm³/mol. The number of rotatable bonds is 5. The number of aliphatic hydroxyl groups excluding tert-OH is 1. The van der Waals surface area contributed by atoms with E-state index in [0.29, 0.717) is 15.6 Å². The molecule has 1 atom stereocenters. The van der Waals surface area contributed by atoms with Crippen molar-refractivity contribution in [2.75, 3.05) is 10.6 Å². The Morgan fingerprint density at radius 2 is 1.67 bits per heavy atom. The second kappa shape index (κ2) is 7.25. The standard InChI is InChI=1S/C18H17N3O2S/c1-12(22)18-19-11-16(24-18)17(23)21-15-9-7-14(8-10-15)20-13-5-3-2-4-6-13/h2-12,20,22H,1H3,(H,21,23)/t12-/m0/s1. The first-order chi connectivity index (χ1) is 11.6. The van der Waals surface area contributed by atoms with E-state index in [1.54, 1.807) is 6.92 Å². The number of anilines is 3. The Morgan fingerprint density at radius 1 is 1.04 bits per heavy atom. The van der Waals surface area contributed by atoms with Crippen molar-refractivity contribution < 1.29 is 9.90 Å². The zero-order valence-electron chi connectivity index (χ0n) is 13.1. The van der Waals surface area contributed by atoms with E-state index in [0.717, 1.165) is 11.4 Å². The molecule has 3 N–H and O–H groups in total. The summed E-state index contributed by atoms with van der Waals surface area (Å²) in [4.78, 5) is 16.7. The summed E-state index contributed by atoms with van der Waals surface area (Å²) in [6.07, 6.45) is 0.813. The normalized spacial score (nSPS) is 11.8. The fourth-order valence-corrected chi connectivity index (χ4v) is 2.85. The first kappa shape index (κ1) is 16.2. The third kappa shape index (κ3) is 3.98. The van der Waals surface area contributed by atoms with E-state index in [-0.39, 0.29) is 5.91 Å². The van der Waals surface area contributed by atoms with Gasteiger partial charge in [0.2, 0.25) is 0 Å². The number of nitrogens with one attached hydrogen (secondary N) is 2. The smallest absolute Gasteiger partial charge is 0.267 e. The van der Waals surface area contributed by atoms with Crippen LogP contribution in [0.25, 0.3) is 0 Å². The largest absolute Gasteiger partial charge is 0.386 e. The topological polar surface area (TPSA) is 74.2 Å². The molecule has 0 unspecified atom stereocenters. The van der Waals surface area contributed by atoms with Crippen LogP contribution in [0.2, 0.25) is 0 Å². The number of carbonyl (C=O) groups is 1. The summed E-state index contributed by atoms with van der Waals surface area (Å²) < 4.78 is 0. The van der Waals surface area contributed by atoms with Crippen molar-refractivity contribution in [3.05, 3.63) is 70.7 Å². The van der Waals surface area contributed by atoms with E-state index in [4.69, 9.17) is 0 Å². The number of benzene rings is 2. The molecule has 6 heteroatoms. The van der Waals surface area contributed by atoms with Gasteiger partial charge >= 0.3 is 0 Å². The molecule has 0 bridgehead atoms. The van der Waals surface area contributed by atoms with Gasteiger partial charge in [0.1, 0.15) is 16.0 Å². The number of aliphatic hydroxyl groups is 1. The molecular formula is C18H17N3O2S. The highest BCUT2D eigenvalue weighted by Crippen LogP contribution is 2.22. The van der Waals surface area contributed by atoms with Gasteiger partial charge < -0.3 is 15.7 Å². The van der Waals surface area contributed by atoms with Crippen LogP contribution < -0.4 is 10.6 Å². The summed E-state index contributed by atoms with van der Waals surface area (Å²) in [5.74, 6) is -0.233. The molecule has 2 aromatic carbocycles. The average molecular weight is 339 g/mol. The van der Waals surface area contributed by atoms with Crippen LogP contribution in [0.5, 0.6) is 0 Å². The molecule has 1 heterocycles. The number of carbonyl (C=O) groups excluding carboxylic acids is 1. The summed E-state index contributed by atoms with van der Waals surface area (Å²) >= 11 is 1.19. The Kier molecular flexibility index (Phi) is 4.88. The second-order valence-corrected chi connectivity index (χ2v) is 6.32. The Balaban J connectivity index is 1.64. The minimum Gasteiger partial charge on any atom is -0.386 e. The van der Waals surface area contributed by atoms with Gasteiger partial charge in [-0.1, -0.05) is 18.2 Å². The first-order valence-corrected chi connectivity index (χ1v) is 8.31. The van der Waals surface area contributed by atoms with Gasteiger partial charge in [0.25, 0.3) is 5.91 Å². The number of aromatic nitrogens is 1. The van der Waals surface area contributed by atoms with Crippen LogP contribution in [0.4, 0.5) is 17.1 Å².